The largest absolute Gasteiger partial charge is 2.00 e. The van der Waals surface area contributed by atoms with Gasteiger partial charge in [0.15, 0.2) is 0 Å². The molecule has 0 aliphatic carbocycles. The fraction of sp³-hybridized carbons (Fsp3) is 0. The van der Waals surface area contributed by atoms with Gasteiger partial charge in [-0.05, 0) is 0 Å². The Kier molecular flexibility index (Phi) is 99.5. The molecule has 0 rings (SSSR count). The van der Waals surface area contributed by atoms with Crippen molar-refractivity contribution in [2.24, 2.45) is 0 Å². The average Bonchev–Trinajstić information content (AvgIpc) is 1.54. The third-order valence-electron chi connectivity index (χ3n) is 0. The van der Waals surface area contributed by atoms with Crippen LogP contribution in [0.2, 0.25) is 0 Å². The van der Waals surface area contributed by atoms with Gasteiger partial charge in [-0.1, -0.05) is 0 Å². The molecule has 0 aromatic rings. The van der Waals surface area contributed by atoms with Crippen LogP contribution in [-0.4, -0.2) is 15.3 Å². The number of nitrogens with zero attached hydrogens (tertiary/aromatic N) is 3. The molecular formula is N3O11RbU-6. The van der Waals surface area contributed by atoms with Crippen LogP contribution in [0.3, 0.4) is 0 Å². The predicted octanol–water partition coefficient (Wildman–Crippen LogP) is -3.95. The summed E-state index contributed by atoms with van der Waals surface area (Å²) in [5.41, 5.74) is 0. The third kappa shape index (κ3) is 18100. The molecule has 14 nitrogen and oxygen atoms in total. The number of hydrogen-bond donors (Lipinski definition) is 0. The minimum absolute atomic E-state index is 0. The van der Waals surface area contributed by atoms with Gasteiger partial charge in [-0.3, -0.25) is 0 Å². The van der Waals surface area contributed by atoms with E-state index in [-0.39, 0.29) is 100 Å². The van der Waals surface area contributed by atoms with Crippen LogP contribution in [0.1, 0.15) is 0 Å². The number of hydrogen-bond acceptors (Lipinski definition) is 9. The molecule has 0 unspecified atom stereocenters. The van der Waals surface area contributed by atoms with Gasteiger partial charge >= 0.3 is 58.2 Å². The molecule has 0 aromatic carbocycles. The van der Waals surface area contributed by atoms with Crippen LogP contribution in [-0.2, 0) is 11.0 Å². The molecule has 92 valence electrons. The molecule has 0 saturated carbocycles. The molecule has 16 heavy (non-hydrogen) atoms. The third-order valence-corrected chi connectivity index (χ3v) is 0. The zero-order chi connectivity index (χ0) is 10.7. The molecule has 0 bridgehead atoms. The van der Waals surface area contributed by atoms with E-state index in [2.05, 4.69) is 0 Å². The minimum atomic E-state index is -1.75. The van der Waals surface area contributed by atoms with Gasteiger partial charge in [-0.15, -0.1) is 0 Å². The summed E-state index contributed by atoms with van der Waals surface area (Å²) in [6, 6.07) is 0. The van der Waals surface area contributed by atoms with Crippen molar-refractivity contribution in [3.8, 4) is 0 Å². The van der Waals surface area contributed by atoms with Gasteiger partial charge in [0.2, 0.25) is 0 Å². The van der Waals surface area contributed by atoms with E-state index in [0.717, 1.165) is 0 Å². The van der Waals surface area contributed by atoms with E-state index in [9.17, 15) is 0 Å². The van der Waals surface area contributed by atoms with E-state index in [1.54, 1.807) is 0 Å². The molecule has 0 N–H and O–H groups in total. The van der Waals surface area contributed by atoms with Gasteiger partial charge in [0, 0.05) is 31.1 Å². The molecular weight excluding hydrogens is 542 g/mol. The van der Waals surface area contributed by atoms with E-state index >= 15 is 0 Å². The normalized spacial score (nSPS) is 4.50. The quantitative estimate of drug-likeness (QED) is 0.214. The maximum atomic E-state index is 8.25. The van der Waals surface area contributed by atoms with Crippen molar-refractivity contribution in [2.75, 3.05) is 0 Å². The summed E-state index contributed by atoms with van der Waals surface area (Å²) in [6.07, 6.45) is 0. The topological polar surface area (TPSA) is 256 Å². The fourth-order valence-corrected chi connectivity index (χ4v) is 0. The fourth-order valence-electron chi connectivity index (χ4n) is 0. The summed E-state index contributed by atoms with van der Waals surface area (Å²) in [5.74, 6) is 0. The van der Waals surface area contributed by atoms with E-state index in [0.29, 0.717) is 0 Å². The molecule has 0 spiro atoms. The number of rotatable bonds is 0. The SMILES string of the molecule is O=[N+]([O-])[O-].O=[N+]([O-])[O-].O=[N+]([O-])[O-].[O-2].[O-2].[Rb+].[U]. The van der Waals surface area contributed by atoms with E-state index in [1.165, 1.54) is 0 Å². The summed E-state index contributed by atoms with van der Waals surface area (Å²) in [7, 11) is 0. The first-order valence-electron chi connectivity index (χ1n) is 1.64. The standard InChI is InChI=1S/3NO3.2O.Rb.U/c3*2-1(3)4;;;;/q3*-1;2*-2;+1;. The molecule has 0 aliphatic rings. The Balaban J connectivity index is -0.0000000135. The smallest absolute Gasteiger partial charge is 1.00 e. The van der Waals surface area contributed by atoms with Gasteiger partial charge < -0.3 is 56.9 Å². The zero-order valence-corrected chi connectivity index (χ0v) is 16.4. The van der Waals surface area contributed by atoms with Gasteiger partial charge in [-0.2, -0.15) is 0 Å². The monoisotopic (exact) mass is 541 g/mol. The van der Waals surface area contributed by atoms with Gasteiger partial charge in [0.05, 0.1) is 15.3 Å². The van der Waals surface area contributed by atoms with Crippen LogP contribution >= 0.6 is 0 Å². The van der Waals surface area contributed by atoms with E-state index in [4.69, 9.17) is 46.0 Å². The summed E-state index contributed by atoms with van der Waals surface area (Å²) >= 11 is 0. The van der Waals surface area contributed by atoms with Crippen molar-refractivity contribution in [3.05, 3.63) is 46.0 Å². The van der Waals surface area contributed by atoms with Gasteiger partial charge in [-0.25, -0.2) is 0 Å². The van der Waals surface area contributed by atoms with Crippen molar-refractivity contribution in [1.82, 2.24) is 0 Å². The maximum absolute atomic E-state index is 8.25. The summed E-state index contributed by atoms with van der Waals surface area (Å²) in [6.45, 7) is 0. The predicted molar refractivity (Wildman–Crippen MR) is 32.5 cm³/mol. The van der Waals surface area contributed by atoms with Crippen LogP contribution in [0, 0.1) is 77.1 Å². The summed E-state index contributed by atoms with van der Waals surface area (Å²) in [5, 5.41) is 44.2. The van der Waals surface area contributed by atoms with Crippen molar-refractivity contribution in [2.45, 2.75) is 0 Å². The first-order valence-corrected chi connectivity index (χ1v) is 1.64. The molecule has 16 heteroatoms. The molecule has 0 aliphatic heterocycles. The van der Waals surface area contributed by atoms with Crippen molar-refractivity contribution in [1.29, 1.82) is 0 Å². The van der Waals surface area contributed by atoms with Crippen LogP contribution in [0.5, 0.6) is 0 Å². The summed E-state index contributed by atoms with van der Waals surface area (Å²) in [4.78, 5) is 24.8. The van der Waals surface area contributed by atoms with E-state index in [1.807, 2.05) is 0 Å². The Morgan fingerprint density at radius 2 is 0.562 bits per heavy atom. The molecule has 0 fully saturated rings. The average molecular weight is 542 g/mol. The Bertz CT molecular complexity index is 119. The second kappa shape index (κ2) is 36.1. The van der Waals surface area contributed by atoms with E-state index < -0.39 is 15.3 Å². The van der Waals surface area contributed by atoms with Crippen LogP contribution in [0.25, 0.3) is 0 Å². The van der Waals surface area contributed by atoms with Crippen LogP contribution < -0.4 is 58.2 Å². The second-order valence-corrected chi connectivity index (χ2v) is 0.671. The van der Waals surface area contributed by atoms with Crippen LogP contribution in [0.4, 0.5) is 0 Å². The Morgan fingerprint density at radius 3 is 0.562 bits per heavy atom. The minimum Gasteiger partial charge on any atom is -2.00 e. The van der Waals surface area contributed by atoms with Gasteiger partial charge in [0.25, 0.3) is 0 Å². The first-order chi connectivity index (χ1) is 5.20. The first kappa shape index (κ1) is 44.0. The molecule has 0 atom stereocenters. The van der Waals surface area contributed by atoms with Gasteiger partial charge in [0.1, 0.15) is 0 Å². The molecule has 0 aromatic heterocycles. The van der Waals surface area contributed by atoms with Crippen molar-refractivity contribution in [3.63, 3.8) is 0 Å². The Labute approximate surface area is 159 Å². The van der Waals surface area contributed by atoms with Crippen LogP contribution in [0.15, 0.2) is 0 Å². The molecule has 0 saturated heterocycles. The maximum Gasteiger partial charge on any atom is 1.00 e. The Hall–Kier alpha value is 0.377. The zero-order valence-electron chi connectivity index (χ0n) is 7.33. The second-order valence-electron chi connectivity index (χ2n) is 0.671. The summed E-state index contributed by atoms with van der Waals surface area (Å²) < 4.78 is 0. The van der Waals surface area contributed by atoms with Crippen molar-refractivity contribution >= 4 is 0 Å². The van der Waals surface area contributed by atoms with Crippen molar-refractivity contribution < 1.29 is 116 Å². The molecule has 0 amide bonds. The molecule has 0 radical (unpaired) electrons. The molecule has 0 heterocycles. The Morgan fingerprint density at radius 1 is 0.562 bits per heavy atom.